The van der Waals surface area contributed by atoms with E-state index in [-0.39, 0.29) is 5.82 Å². The van der Waals surface area contributed by atoms with Crippen molar-refractivity contribution >= 4 is 5.69 Å². The zero-order valence-corrected chi connectivity index (χ0v) is 13.0. The summed E-state index contributed by atoms with van der Waals surface area (Å²) in [6.07, 6.45) is 2.32. The summed E-state index contributed by atoms with van der Waals surface area (Å²) in [5.41, 5.74) is 2.29. The van der Waals surface area contributed by atoms with Gasteiger partial charge in [0, 0.05) is 25.3 Å². The Kier molecular flexibility index (Phi) is 5.41. The van der Waals surface area contributed by atoms with E-state index in [2.05, 4.69) is 31.0 Å². The zero-order chi connectivity index (χ0) is 14.5. The first-order valence-electron chi connectivity index (χ1n) is 7.86. The predicted molar refractivity (Wildman–Crippen MR) is 83.6 cm³/mol. The summed E-state index contributed by atoms with van der Waals surface area (Å²) in [7, 11) is 0. The maximum absolute atomic E-state index is 13.5. The van der Waals surface area contributed by atoms with Gasteiger partial charge in [-0.1, -0.05) is 20.8 Å². The second-order valence-electron chi connectivity index (χ2n) is 6.14. The van der Waals surface area contributed by atoms with Gasteiger partial charge in [0.25, 0.3) is 0 Å². The molecule has 1 aromatic carbocycles. The molecule has 112 valence electrons. The first-order chi connectivity index (χ1) is 9.61. The number of nitrogens with one attached hydrogen (secondary N) is 1. The van der Waals surface area contributed by atoms with Gasteiger partial charge in [-0.25, -0.2) is 4.39 Å². The van der Waals surface area contributed by atoms with Crippen LogP contribution < -0.4 is 10.2 Å². The molecule has 2 rings (SSSR count). The van der Waals surface area contributed by atoms with Crippen LogP contribution in [-0.4, -0.2) is 19.6 Å². The zero-order valence-electron chi connectivity index (χ0n) is 13.0. The largest absolute Gasteiger partial charge is 0.371 e. The van der Waals surface area contributed by atoms with Gasteiger partial charge < -0.3 is 10.2 Å². The van der Waals surface area contributed by atoms with Gasteiger partial charge in [-0.3, -0.25) is 0 Å². The standard InChI is InChI=1S/C17H27FN2/c1-4-8-19-11-15-10-16(18)5-6-17(15)20-9-7-13(2)14(3)12-20/h5-6,10,13-14,19H,4,7-9,11-12H2,1-3H3. The van der Waals surface area contributed by atoms with Crippen LogP contribution in [0.3, 0.4) is 0 Å². The lowest BCUT2D eigenvalue weighted by molar-refractivity contribution is 0.323. The van der Waals surface area contributed by atoms with Crippen molar-refractivity contribution < 1.29 is 4.39 Å². The molecule has 2 unspecified atom stereocenters. The van der Waals surface area contributed by atoms with Crippen LogP contribution in [0.4, 0.5) is 10.1 Å². The second-order valence-corrected chi connectivity index (χ2v) is 6.14. The summed E-state index contributed by atoms with van der Waals surface area (Å²) in [4.78, 5) is 2.42. The summed E-state index contributed by atoms with van der Waals surface area (Å²) in [6.45, 7) is 10.7. The van der Waals surface area contributed by atoms with E-state index >= 15 is 0 Å². The van der Waals surface area contributed by atoms with Gasteiger partial charge >= 0.3 is 0 Å². The van der Waals surface area contributed by atoms with Crippen molar-refractivity contribution in [3.8, 4) is 0 Å². The summed E-state index contributed by atoms with van der Waals surface area (Å²) in [6, 6.07) is 5.21. The highest BCUT2D eigenvalue weighted by Crippen LogP contribution is 2.29. The Morgan fingerprint density at radius 1 is 1.30 bits per heavy atom. The van der Waals surface area contributed by atoms with Gasteiger partial charge in [0.05, 0.1) is 0 Å². The summed E-state index contributed by atoms with van der Waals surface area (Å²) < 4.78 is 13.5. The highest BCUT2D eigenvalue weighted by molar-refractivity contribution is 5.54. The predicted octanol–water partition coefficient (Wildman–Crippen LogP) is 3.81. The average molecular weight is 278 g/mol. The van der Waals surface area contributed by atoms with Gasteiger partial charge in [0.1, 0.15) is 5.82 Å². The number of anilines is 1. The molecule has 1 saturated heterocycles. The van der Waals surface area contributed by atoms with Crippen molar-refractivity contribution in [1.82, 2.24) is 5.32 Å². The lowest BCUT2D eigenvalue weighted by Gasteiger charge is -2.37. The number of benzene rings is 1. The molecule has 2 nitrogen and oxygen atoms in total. The minimum atomic E-state index is -0.138. The minimum absolute atomic E-state index is 0.138. The number of hydrogen-bond donors (Lipinski definition) is 1. The third kappa shape index (κ3) is 3.72. The van der Waals surface area contributed by atoms with Crippen LogP contribution in [0.5, 0.6) is 0 Å². The van der Waals surface area contributed by atoms with Gasteiger partial charge in [-0.2, -0.15) is 0 Å². The third-order valence-corrected chi connectivity index (χ3v) is 4.46. The molecular formula is C17H27FN2. The van der Waals surface area contributed by atoms with Crippen molar-refractivity contribution in [1.29, 1.82) is 0 Å². The van der Waals surface area contributed by atoms with Crippen molar-refractivity contribution in [3.63, 3.8) is 0 Å². The van der Waals surface area contributed by atoms with Crippen molar-refractivity contribution in [2.24, 2.45) is 11.8 Å². The Morgan fingerprint density at radius 2 is 2.10 bits per heavy atom. The van der Waals surface area contributed by atoms with E-state index in [4.69, 9.17) is 0 Å². The molecule has 0 bridgehead atoms. The summed E-state index contributed by atoms with van der Waals surface area (Å²) in [5.74, 6) is 1.35. The first kappa shape index (κ1) is 15.3. The van der Waals surface area contributed by atoms with E-state index in [0.29, 0.717) is 5.92 Å². The molecule has 1 N–H and O–H groups in total. The Morgan fingerprint density at radius 3 is 2.80 bits per heavy atom. The molecule has 2 atom stereocenters. The molecule has 1 aromatic rings. The first-order valence-corrected chi connectivity index (χ1v) is 7.86. The molecule has 0 spiro atoms. The van der Waals surface area contributed by atoms with Crippen LogP contribution in [0.2, 0.25) is 0 Å². The van der Waals surface area contributed by atoms with Crippen molar-refractivity contribution in [3.05, 3.63) is 29.6 Å². The molecule has 0 radical (unpaired) electrons. The maximum atomic E-state index is 13.5. The quantitative estimate of drug-likeness (QED) is 0.824. The fourth-order valence-electron chi connectivity index (χ4n) is 2.89. The maximum Gasteiger partial charge on any atom is 0.123 e. The van der Waals surface area contributed by atoms with Crippen molar-refractivity contribution in [2.45, 2.75) is 40.2 Å². The van der Waals surface area contributed by atoms with Crippen molar-refractivity contribution in [2.75, 3.05) is 24.5 Å². The molecule has 0 amide bonds. The van der Waals surface area contributed by atoms with E-state index < -0.39 is 0 Å². The van der Waals surface area contributed by atoms with Gasteiger partial charge in [0.2, 0.25) is 0 Å². The lowest BCUT2D eigenvalue weighted by atomic mass is 9.88. The number of nitrogens with zero attached hydrogens (tertiary/aromatic N) is 1. The Labute approximate surface area is 122 Å². The second kappa shape index (κ2) is 7.07. The SMILES string of the molecule is CCCNCc1cc(F)ccc1N1CCC(C)C(C)C1. The average Bonchev–Trinajstić information content (AvgIpc) is 2.43. The van der Waals surface area contributed by atoms with Crippen LogP contribution in [0.1, 0.15) is 39.2 Å². The van der Waals surface area contributed by atoms with E-state index in [0.717, 1.165) is 44.1 Å². The summed E-state index contributed by atoms with van der Waals surface area (Å²) in [5, 5.41) is 3.38. The van der Waals surface area contributed by atoms with Crippen LogP contribution in [-0.2, 0) is 6.54 Å². The molecule has 0 aliphatic carbocycles. The number of rotatable bonds is 5. The van der Waals surface area contributed by atoms with Gasteiger partial charge in [0.15, 0.2) is 0 Å². The molecular weight excluding hydrogens is 251 g/mol. The normalized spacial score (nSPS) is 23.1. The Balaban J connectivity index is 2.13. The molecule has 3 heteroatoms. The minimum Gasteiger partial charge on any atom is -0.371 e. The molecule has 1 heterocycles. The molecule has 0 saturated carbocycles. The molecule has 20 heavy (non-hydrogen) atoms. The van der Waals surface area contributed by atoms with E-state index in [1.807, 2.05) is 6.07 Å². The highest BCUT2D eigenvalue weighted by atomic mass is 19.1. The number of hydrogen-bond acceptors (Lipinski definition) is 2. The van der Waals surface area contributed by atoms with Crippen LogP contribution >= 0.6 is 0 Å². The summed E-state index contributed by atoms with van der Waals surface area (Å²) >= 11 is 0. The Hall–Kier alpha value is -1.09. The molecule has 1 fully saturated rings. The molecule has 0 aromatic heterocycles. The van der Waals surface area contributed by atoms with Gasteiger partial charge in [-0.05, 0) is 55.0 Å². The monoisotopic (exact) mass is 278 g/mol. The van der Waals surface area contributed by atoms with Crippen LogP contribution in [0.15, 0.2) is 18.2 Å². The Bertz CT molecular complexity index is 433. The number of piperidine rings is 1. The smallest absolute Gasteiger partial charge is 0.123 e. The van der Waals surface area contributed by atoms with E-state index in [1.165, 1.54) is 12.1 Å². The van der Waals surface area contributed by atoms with Crippen LogP contribution in [0.25, 0.3) is 0 Å². The van der Waals surface area contributed by atoms with E-state index in [1.54, 1.807) is 12.1 Å². The van der Waals surface area contributed by atoms with Crippen LogP contribution in [0, 0.1) is 17.7 Å². The topological polar surface area (TPSA) is 15.3 Å². The molecule has 1 aliphatic heterocycles. The fourth-order valence-corrected chi connectivity index (χ4v) is 2.89. The van der Waals surface area contributed by atoms with E-state index in [9.17, 15) is 4.39 Å². The third-order valence-electron chi connectivity index (χ3n) is 4.46. The number of halogens is 1. The lowest BCUT2D eigenvalue weighted by Crippen LogP contribution is -2.39. The molecule has 1 aliphatic rings. The highest BCUT2D eigenvalue weighted by Gasteiger charge is 2.24. The fraction of sp³-hybridized carbons (Fsp3) is 0.647. The van der Waals surface area contributed by atoms with Gasteiger partial charge in [-0.15, -0.1) is 0 Å².